The number of carboxylic acid groups (broad SMARTS) is 1. The number of ether oxygens (including phenoxy) is 1. The molecule has 1 heterocycles. The van der Waals surface area contributed by atoms with Crippen molar-refractivity contribution in [1.29, 1.82) is 0 Å². The lowest BCUT2D eigenvalue weighted by Crippen LogP contribution is -2.03. The van der Waals surface area contributed by atoms with E-state index >= 15 is 0 Å². The van der Waals surface area contributed by atoms with Gasteiger partial charge in [0.2, 0.25) is 5.88 Å². The zero-order chi connectivity index (χ0) is 14.1. The van der Waals surface area contributed by atoms with Gasteiger partial charge in [0.1, 0.15) is 17.6 Å². The van der Waals surface area contributed by atoms with Gasteiger partial charge in [0.15, 0.2) is 0 Å². The molecule has 1 N–H and O–H groups in total. The van der Waals surface area contributed by atoms with Crippen LogP contribution in [0.5, 0.6) is 11.6 Å². The van der Waals surface area contributed by atoms with Crippen LogP contribution in [-0.2, 0) is 12.8 Å². The van der Waals surface area contributed by atoms with Crippen LogP contribution in [0.3, 0.4) is 0 Å². The van der Waals surface area contributed by atoms with E-state index in [2.05, 4.69) is 9.97 Å². The van der Waals surface area contributed by atoms with Crippen LogP contribution in [0.15, 0.2) is 24.5 Å². The van der Waals surface area contributed by atoms with Gasteiger partial charge < -0.3 is 9.84 Å². The molecule has 102 valence electrons. The zero-order valence-electron chi connectivity index (χ0n) is 11.1. The summed E-state index contributed by atoms with van der Waals surface area (Å²) in [6.45, 7) is 1.85. The fraction of sp³-hybridized carbons (Fsp3) is 0.267. The maximum absolute atomic E-state index is 11.3. The SMILES string of the molecule is Cc1ccc(Oc2ncnc3c2CCC3)c(C(=O)O)c1. The van der Waals surface area contributed by atoms with Crippen molar-refractivity contribution in [3.05, 3.63) is 46.9 Å². The number of aryl methyl sites for hydroxylation is 2. The van der Waals surface area contributed by atoms with Crippen molar-refractivity contribution < 1.29 is 14.6 Å². The zero-order valence-corrected chi connectivity index (χ0v) is 11.1. The van der Waals surface area contributed by atoms with E-state index in [-0.39, 0.29) is 5.56 Å². The Morgan fingerprint density at radius 1 is 1.30 bits per heavy atom. The van der Waals surface area contributed by atoms with Crippen LogP contribution in [0.1, 0.15) is 33.6 Å². The van der Waals surface area contributed by atoms with E-state index < -0.39 is 5.97 Å². The van der Waals surface area contributed by atoms with Crippen molar-refractivity contribution in [2.75, 3.05) is 0 Å². The lowest BCUT2D eigenvalue weighted by atomic mass is 10.1. The molecule has 0 bridgehead atoms. The quantitative estimate of drug-likeness (QED) is 0.928. The summed E-state index contributed by atoms with van der Waals surface area (Å²) < 4.78 is 5.74. The van der Waals surface area contributed by atoms with Gasteiger partial charge in [-0.15, -0.1) is 0 Å². The van der Waals surface area contributed by atoms with Crippen molar-refractivity contribution in [2.45, 2.75) is 26.2 Å². The minimum atomic E-state index is -1.01. The number of hydrogen-bond donors (Lipinski definition) is 1. The highest BCUT2D eigenvalue weighted by Gasteiger charge is 2.20. The molecule has 1 aromatic carbocycles. The number of hydrogen-bond acceptors (Lipinski definition) is 4. The first-order chi connectivity index (χ1) is 9.65. The monoisotopic (exact) mass is 270 g/mol. The Bertz CT molecular complexity index is 683. The molecule has 0 saturated carbocycles. The molecular formula is C15H14N2O3. The largest absolute Gasteiger partial charge is 0.478 e. The van der Waals surface area contributed by atoms with Gasteiger partial charge in [-0.3, -0.25) is 0 Å². The Morgan fingerprint density at radius 3 is 2.95 bits per heavy atom. The van der Waals surface area contributed by atoms with Crippen molar-refractivity contribution >= 4 is 5.97 Å². The third-order valence-electron chi connectivity index (χ3n) is 3.41. The third-order valence-corrected chi connectivity index (χ3v) is 3.41. The summed E-state index contributed by atoms with van der Waals surface area (Å²) in [5.41, 5.74) is 3.02. The Labute approximate surface area is 116 Å². The summed E-state index contributed by atoms with van der Waals surface area (Å²) in [5, 5.41) is 9.25. The summed E-state index contributed by atoms with van der Waals surface area (Å²) in [6, 6.07) is 5.09. The summed E-state index contributed by atoms with van der Waals surface area (Å²) in [6.07, 6.45) is 4.30. The molecule has 1 aromatic heterocycles. The van der Waals surface area contributed by atoms with Gasteiger partial charge in [-0.05, 0) is 38.3 Å². The lowest BCUT2D eigenvalue weighted by Gasteiger charge is -2.11. The topological polar surface area (TPSA) is 72.3 Å². The molecule has 0 fully saturated rings. The van der Waals surface area contributed by atoms with Crippen LogP contribution >= 0.6 is 0 Å². The number of carbonyl (C=O) groups is 1. The molecule has 0 aliphatic heterocycles. The normalized spacial score (nSPS) is 13.1. The standard InChI is InChI=1S/C15H14N2O3/c1-9-5-6-13(11(7-9)15(18)19)20-14-10-3-2-4-12(10)16-8-17-14/h5-8H,2-4H2,1H3,(H,18,19). The first kappa shape index (κ1) is 12.6. The van der Waals surface area contributed by atoms with E-state index in [0.29, 0.717) is 11.6 Å². The molecule has 0 saturated heterocycles. The fourth-order valence-electron chi connectivity index (χ4n) is 2.42. The van der Waals surface area contributed by atoms with Gasteiger partial charge in [-0.25, -0.2) is 14.8 Å². The minimum absolute atomic E-state index is 0.148. The van der Waals surface area contributed by atoms with Gasteiger partial charge in [0.25, 0.3) is 0 Å². The predicted molar refractivity (Wildman–Crippen MR) is 72.3 cm³/mol. The number of rotatable bonds is 3. The molecule has 1 aliphatic rings. The molecule has 5 nitrogen and oxygen atoms in total. The lowest BCUT2D eigenvalue weighted by molar-refractivity contribution is 0.0694. The van der Waals surface area contributed by atoms with E-state index in [1.54, 1.807) is 12.1 Å². The van der Waals surface area contributed by atoms with E-state index in [9.17, 15) is 9.90 Å². The maximum atomic E-state index is 11.3. The van der Waals surface area contributed by atoms with Crippen LogP contribution in [0.4, 0.5) is 0 Å². The van der Waals surface area contributed by atoms with Gasteiger partial charge in [-0.1, -0.05) is 11.6 Å². The Kier molecular flexibility index (Phi) is 3.10. The van der Waals surface area contributed by atoms with Gasteiger partial charge in [0, 0.05) is 5.56 Å². The number of carboxylic acids is 1. The van der Waals surface area contributed by atoms with Crippen LogP contribution in [0, 0.1) is 6.92 Å². The summed E-state index contributed by atoms with van der Waals surface area (Å²) >= 11 is 0. The molecule has 0 amide bonds. The molecule has 5 heteroatoms. The van der Waals surface area contributed by atoms with E-state index in [1.807, 2.05) is 13.0 Å². The average Bonchev–Trinajstić information content (AvgIpc) is 2.90. The molecule has 1 aliphatic carbocycles. The fourth-order valence-corrected chi connectivity index (χ4v) is 2.42. The summed E-state index contributed by atoms with van der Waals surface area (Å²) in [7, 11) is 0. The number of aromatic carboxylic acids is 1. The minimum Gasteiger partial charge on any atom is -0.478 e. The molecule has 2 aromatic rings. The maximum Gasteiger partial charge on any atom is 0.339 e. The smallest absolute Gasteiger partial charge is 0.339 e. The van der Waals surface area contributed by atoms with Crippen LogP contribution in [0.25, 0.3) is 0 Å². The molecular weight excluding hydrogens is 256 g/mol. The average molecular weight is 270 g/mol. The third kappa shape index (κ3) is 2.22. The van der Waals surface area contributed by atoms with Crippen molar-refractivity contribution in [3.8, 4) is 11.6 Å². The van der Waals surface area contributed by atoms with Gasteiger partial charge in [-0.2, -0.15) is 0 Å². The Morgan fingerprint density at radius 2 is 2.15 bits per heavy atom. The molecule has 0 atom stereocenters. The van der Waals surface area contributed by atoms with Gasteiger partial charge in [0.05, 0.1) is 5.69 Å². The molecule has 0 radical (unpaired) electrons. The Balaban J connectivity index is 2.00. The van der Waals surface area contributed by atoms with Crippen molar-refractivity contribution in [3.63, 3.8) is 0 Å². The molecule has 0 unspecified atom stereocenters. The second-order valence-electron chi connectivity index (χ2n) is 4.86. The highest BCUT2D eigenvalue weighted by Crippen LogP contribution is 2.32. The van der Waals surface area contributed by atoms with Gasteiger partial charge >= 0.3 is 5.97 Å². The van der Waals surface area contributed by atoms with Crippen molar-refractivity contribution in [1.82, 2.24) is 9.97 Å². The highest BCUT2D eigenvalue weighted by atomic mass is 16.5. The number of fused-ring (bicyclic) bond motifs is 1. The second-order valence-corrected chi connectivity index (χ2v) is 4.86. The highest BCUT2D eigenvalue weighted by molar-refractivity contribution is 5.91. The predicted octanol–water partition coefficient (Wildman–Crippen LogP) is 2.76. The van der Waals surface area contributed by atoms with Crippen molar-refractivity contribution in [2.24, 2.45) is 0 Å². The number of nitrogens with zero attached hydrogens (tertiary/aromatic N) is 2. The number of aromatic nitrogens is 2. The van der Waals surface area contributed by atoms with E-state index in [0.717, 1.165) is 36.1 Å². The van der Waals surface area contributed by atoms with Crippen LogP contribution < -0.4 is 4.74 Å². The number of benzene rings is 1. The van der Waals surface area contributed by atoms with E-state index in [4.69, 9.17) is 4.74 Å². The van der Waals surface area contributed by atoms with Crippen LogP contribution in [-0.4, -0.2) is 21.0 Å². The van der Waals surface area contributed by atoms with Crippen LogP contribution in [0.2, 0.25) is 0 Å². The first-order valence-corrected chi connectivity index (χ1v) is 6.49. The summed E-state index contributed by atoms with van der Waals surface area (Å²) in [5.74, 6) is -0.218. The first-order valence-electron chi connectivity index (χ1n) is 6.49. The molecule has 3 rings (SSSR count). The molecule has 20 heavy (non-hydrogen) atoms. The second kappa shape index (κ2) is 4.92. The molecule has 0 spiro atoms. The summed E-state index contributed by atoms with van der Waals surface area (Å²) in [4.78, 5) is 19.7. The Hall–Kier alpha value is -2.43. The van der Waals surface area contributed by atoms with E-state index in [1.165, 1.54) is 6.33 Å².